The van der Waals surface area contributed by atoms with Crippen LogP contribution in [0.1, 0.15) is 36.2 Å². The molecular weight excluding hydrogens is 407 g/mol. The summed E-state index contributed by atoms with van der Waals surface area (Å²) in [6, 6.07) is 9.42. The molecule has 164 valence electrons. The number of alkyl halides is 3. The first kappa shape index (κ1) is 20.3. The van der Waals surface area contributed by atoms with Crippen molar-refractivity contribution < 1.29 is 17.9 Å². The highest BCUT2D eigenvalue weighted by Crippen LogP contribution is 2.38. The summed E-state index contributed by atoms with van der Waals surface area (Å²) in [7, 11) is 0. The molecule has 0 amide bonds. The van der Waals surface area contributed by atoms with Gasteiger partial charge in [-0.05, 0) is 37.0 Å². The van der Waals surface area contributed by atoms with Gasteiger partial charge < -0.3 is 15.0 Å². The fourth-order valence-electron chi connectivity index (χ4n) is 4.81. The summed E-state index contributed by atoms with van der Waals surface area (Å²) in [5.41, 5.74) is 1.77. The van der Waals surface area contributed by atoms with E-state index in [0.29, 0.717) is 17.8 Å². The van der Waals surface area contributed by atoms with Gasteiger partial charge in [0, 0.05) is 19.1 Å². The molecule has 1 aliphatic heterocycles. The Morgan fingerprint density at radius 3 is 2.87 bits per heavy atom. The number of morpholine rings is 1. The molecule has 5 rings (SSSR count). The van der Waals surface area contributed by atoms with Gasteiger partial charge in [-0.25, -0.2) is 9.97 Å². The normalized spacial score (nSPS) is 24.8. The Kier molecular flexibility index (Phi) is 5.10. The maximum absolute atomic E-state index is 13.2. The Hall–Kier alpha value is -2.65. The molecule has 31 heavy (non-hydrogen) atoms. The number of anilines is 1. The number of benzene rings is 1. The Bertz CT molecular complexity index is 1080. The van der Waals surface area contributed by atoms with Crippen LogP contribution in [-0.4, -0.2) is 51.7 Å². The Morgan fingerprint density at radius 2 is 2.06 bits per heavy atom. The van der Waals surface area contributed by atoms with Gasteiger partial charge in [0.15, 0.2) is 0 Å². The number of halogens is 3. The summed E-state index contributed by atoms with van der Waals surface area (Å²) < 4.78 is 45.4. The molecule has 1 fully saturated rings. The highest BCUT2D eigenvalue weighted by molar-refractivity contribution is 5.88. The summed E-state index contributed by atoms with van der Waals surface area (Å²) in [6.45, 7) is 4.40. The van der Waals surface area contributed by atoms with E-state index in [1.807, 2.05) is 12.1 Å². The minimum absolute atomic E-state index is 0.0995. The third kappa shape index (κ3) is 3.87. The molecular formula is C22H24F3N5O. The van der Waals surface area contributed by atoms with E-state index in [-0.39, 0.29) is 23.8 Å². The molecule has 3 atom stereocenters. The highest BCUT2D eigenvalue weighted by Gasteiger charge is 2.37. The van der Waals surface area contributed by atoms with Gasteiger partial charge in [-0.2, -0.15) is 13.2 Å². The average molecular weight is 431 g/mol. The van der Waals surface area contributed by atoms with Crippen molar-refractivity contribution in [2.75, 3.05) is 25.0 Å². The van der Waals surface area contributed by atoms with E-state index in [4.69, 9.17) is 4.74 Å². The molecule has 0 unspecified atom stereocenters. The first-order valence-electron chi connectivity index (χ1n) is 10.5. The zero-order valence-corrected chi connectivity index (χ0v) is 17.1. The van der Waals surface area contributed by atoms with Gasteiger partial charge >= 0.3 is 6.18 Å². The zero-order valence-electron chi connectivity index (χ0n) is 17.1. The predicted octanol–water partition coefficient (Wildman–Crippen LogP) is 4.17. The predicted molar refractivity (Wildman–Crippen MR) is 111 cm³/mol. The van der Waals surface area contributed by atoms with Crippen molar-refractivity contribution in [3.05, 3.63) is 53.5 Å². The third-order valence-corrected chi connectivity index (χ3v) is 6.25. The van der Waals surface area contributed by atoms with Gasteiger partial charge in [0.25, 0.3) is 0 Å². The van der Waals surface area contributed by atoms with Crippen LogP contribution in [0, 0.1) is 0 Å². The van der Waals surface area contributed by atoms with Crippen LogP contribution in [0.5, 0.6) is 0 Å². The monoisotopic (exact) mass is 431 g/mol. The average Bonchev–Trinajstić information content (AvgIpc) is 3.20. The molecule has 9 heteroatoms. The molecule has 0 radical (unpaired) electrons. The zero-order chi connectivity index (χ0) is 21.6. The van der Waals surface area contributed by atoms with E-state index >= 15 is 0 Å². The largest absolute Gasteiger partial charge is 0.431 e. The number of H-pyrrole nitrogens is 1. The molecule has 2 aliphatic rings. The Labute approximate surface area is 177 Å². The summed E-state index contributed by atoms with van der Waals surface area (Å²) >= 11 is 0. The molecule has 1 saturated heterocycles. The van der Waals surface area contributed by atoms with Crippen molar-refractivity contribution in [3.63, 3.8) is 0 Å². The quantitative estimate of drug-likeness (QED) is 0.652. The number of hydrogen-bond donors (Lipinski definition) is 2. The van der Waals surface area contributed by atoms with Crippen LogP contribution in [0.2, 0.25) is 0 Å². The number of nitrogens with one attached hydrogen (secondary N) is 2. The maximum Gasteiger partial charge on any atom is 0.431 e. The standard InChI is InChI=1S/C22H24F3N5O/c1-13-11-30(8-9-31-13)17-7-6-14-4-2-3-5-15(14)19(17)29-21-16-10-18(22(23,24)25)28-20(16)26-12-27-21/h2-5,10,12-13,17,19H,6-9,11H2,1H3,(H2,26,27,28,29)/t13-,17-,19-/m0/s1. The minimum Gasteiger partial charge on any atom is -0.376 e. The van der Waals surface area contributed by atoms with Gasteiger partial charge in [0.1, 0.15) is 23.5 Å². The second-order valence-corrected chi connectivity index (χ2v) is 8.27. The first-order chi connectivity index (χ1) is 14.9. The second-order valence-electron chi connectivity index (χ2n) is 8.27. The lowest BCUT2D eigenvalue weighted by atomic mass is 9.83. The number of aromatic nitrogens is 3. The van der Waals surface area contributed by atoms with Crippen molar-refractivity contribution in [1.82, 2.24) is 19.9 Å². The summed E-state index contributed by atoms with van der Waals surface area (Å²) in [5, 5.41) is 3.83. The van der Waals surface area contributed by atoms with Crippen LogP contribution in [-0.2, 0) is 17.3 Å². The Morgan fingerprint density at radius 1 is 1.23 bits per heavy atom. The van der Waals surface area contributed by atoms with E-state index < -0.39 is 11.9 Å². The molecule has 0 saturated carbocycles. The van der Waals surface area contributed by atoms with Crippen molar-refractivity contribution in [2.24, 2.45) is 0 Å². The number of fused-ring (bicyclic) bond motifs is 2. The third-order valence-electron chi connectivity index (χ3n) is 6.25. The van der Waals surface area contributed by atoms with Gasteiger partial charge in [-0.15, -0.1) is 0 Å². The molecule has 2 aromatic heterocycles. The lowest BCUT2D eigenvalue weighted by Crippen LogP contribution is -2.51. The molecule has 3 aromatic rings. The number of ether oxygens (including phenoxy) is 1. The highest BCUT2D eigenvalue weighted by atomic mass is 19.4. The van der Waals surface area contributed by atoms with Crippen LogP contribution in [0.25, 0.3) is 11.0 Å². The molecule has 0 bridgehead atoms. The van der Waals surface area contributed by atoms with E-state index in [1.54, 1.807) is 0 Å². The topological polar surface area (TPSA) is 66.1 Å². The Balaban J connectivity index is 1.54. The summed E-state index contributed by atoms with van der Waals surface area (Å²) in [5.74, 6) is 0.407. The SMILES string of the molecule is C[C@H]1CN([C@H]2CCc3ccccc3[C@@H]2Nc2ncnc3[nH]c(C(F)(F)F)cc23)CCO1. The van der Waals surface area contributed by atoms with E-state index in [9.17, 15) is 13.2 Å². The van der Waals surface area contributed by atoms with E-state index in [1.165, 1.54) is 11.9 Å². The van der Waals surface area contributed by atoms with Crippen LogP contribution in [0.4, 0.5) is 19.0 Å². The number of aryl methyl sites for hydroxylation is 1. The van der Waals surface area contributed by atoms with Crippen LogP contribution < -0.4 is 5.32 Å². The molecule has 2 N–H and O–H groups in total. The number of aromatic amines is 1. The lowest BCUT2D eigenvalue weighted by molar-refractivity contribution is -0.140. The van der Waals surface area contributed by atoms with Gasteiger partial charge in [-0.1, -0.05) is 24.3 Å². The number of hydrogen-bond acceptors (Lipinski definition) is 5. The van der Waals surface area contributed by atoms with Gasteiger partial charge in [-0.3, -0.25) is 4.90 Å². The molecule has 6 nitrogen and oxygen atoms in total. The van der Waals surface area contributed by atoms with Crippen molar-refractivity contribution in [3.8, 4) is 0 Å². The lowest BCUT2D eigenvalue weighted by Gasteiger charge is -2.44. The van der Waals surface area contributed by atoms with Crippen molar-refractivity contribution >= 4 is 16.9 Å². The van der Waals surface area contributed by atoms with Crippen LogP contribution in [0.15, 0.2) is 36.7 Å². The van der Waals surface area contributed by atoms with E-state index in [2.05, 4.69) is 44.2 Å². The molecule has 0 spiro atoms. The first-order valence-corrected chi connectivity index (χ1v) is 10.5. The van der Waals surface area contributed by atoms with Crippen LogP contribution in [0.3, 0.4) is 0 Å². The molecule has 1 aromatic carbocycles. The smallest absolute Gasteiger partial charge is 0.376 e. The fraction of sp³-hybridized carbons (Fsp3) is 0.455. The molecule has 3 heterocycles. The van der Waals surface area contributed by atoms with E-state index in [0.717, 1.165) is 37.6 Å². The summed E-state index contributed by atoms with van der Waals surface area (Å²) in [6.07, 6.45) is -1.11. The second kappa shape index (κ2) is 7.80. The van der Waals surface area contributed by atoms with Crippen molar-refractivity contribution in [2.45, 2.75) is 44.1 Å². The van der Waals surface area contributed by atoms with Gasteiger partial charge in [0.2, 0.25) is 0 Å². The number of nitrogens with zero attached hydrogens (tertiary/aromatic N) is 3. The molecule has 1 aliphatic carbocycles. The maximum atomic E-state index is 13.2. The minimum atomic E-state index is -4.47. The van der Waals surface area contributed by atoms with Crippen molar-refractivity contribution in [1.29, 1.82) is 0 Å². The summed E-state index contributed by atoms with van der Waals surface area (Å²) in [4.78, 5) is 13.1. The fourth-order valence-corrected chi connectivity index (χ4v) is 4.81. The van der Waals surface area contributed by atoms with Crippen LogP contribution >= 0.6 is 0 Å². The number of rotatable bonds is 3. The van der Waals surface area contributed by atoms with Gasteiger partial charge in [0.05, 0.1) is 24.1 Å².